The van der Waals surface area contributed by atoms with E-state index in [2.05, 4.69) is 12.2 Å². The van der Waals surface area contributed by atoms with Crippen molar-refractivity contribution in [2.45, 2.75) is 39.0 Å². The number of hydrogen-bond acceptors (Lipinski definition) is 3. The molecule has 1 aromatic carbocycles. The Balaban J connectivity index is 0.00000288. The van der Waals surface area contributed by atoms with Crippen LogP contribution in [0.1, 0.15) is 49.4 Å². The Morgan fingerprint density at radius 1 is 1.21 bits per heavy atom. The zero-order chi connectivity index (χ0) is 16.7. The third kappa shape index (κ3) is 5.41. The van der Waals surface area contributed by atoms with Crippen molar-refractivity contribution < 1.29 is 9.59 Å². The van der Waals surface area contributed by atoms with Gasteiger partial charge in [-0.1, -0.05) is 31.9 Å². The van der Waals surface area contributed by atoms with Crippen LogP contribution in [0.3, 0.4) is 0 Å². The Labute approximate surface area is 150 Å². The lowest BCUT2D eigenvalue weighted by molar-refractivity contribution is -0.126. The van der Waals surface area contributed by atoms with Gasteiger partial charge in [0, 0.05) is 31.2 Å². The first-order chi connectivity index (χ1) is 11.1. The number of hydrogen-bond donors (Lipinski definition) is 2. The second-order valence-electron chi connectivity index (χ2n) is 6.15. The highest BCUT2D eigenvalue weighted by Crippen LogP contribution is 2.21. The van der Waals surface area contributed by atoms with Crippen molar-refractivity contribution in [1.82, 2.24) is 10.2 Å². The van der Waals surface area contributed by atoms with Crippen LogP contribution < -0.4 is 11.1 Å². The van der Waals surface area contributed by atoms with Crippen molar-refractivity contribution >= 4 is 29.9 Å². The lowest BCUT2D eigenvalue weighted by Gasteiger charge is -2.31. The van der Waals surface area contributed by atoms with Gasteiger partial charge < -0.3 is 16.0 Å². The summed E-state index contributed by atoms with van der Waals surface area (Å²) in [7, 11) is 0. The molecule has 1 fully saturated rings. The number of nitrogens with zero attached hydrogens (tertiary/aromatic N) is 1. The maximum Gasteiger partial charge on any atom is 0.255 e. The van der Waals surface area contributed by atoms with Gasteiger partial charge in [-0.25, -0.2) is 0 Å². The minimum atomic E-state index is -0.0371. The molecule has 1 aromatic rings. The van der Waals surface area contributed by atoms with E-state index in [-0.39, 0.29) is 30.1 Å². The number of para-hydroxylation sites is 1. The number of likely N-dealkylation sites (tertiary alicyclic amines) is 1. The van der Waals surface area contributed by atoms with Gasteiger partial charge in [-0.2, -0.15) is 0 Å². The molecule has 1 aliphatic heterocycles. The van der Waals surface area contributed by atoms with Crippen LogP contribution in [0.4, 0.5) is 5.69 Å². The van der Waals surface area contributed by atoms with Crippen LogP contribution in [0.5, 0.6) is 0 Å². The average molecular weight is 354 g/mol. The summed E-state index contributed by atoms with van der Waals surface area (Å²) in [6, 6.07) is 7.13. The second kappa shape index (κ2) is 10.2. The Hall–Kier alpha value is -1.75. The van der Waals surface area contributed by atoms with Crippen molar-refractivity contribution in [2.24, 2.45) is 5.92 Å². The van der Waals surface area contributed by atoms with Crippen molar-refractivity contribution in [1.29, 1.82) is 0 Å². The summed E-state index contributed by atoms with van der Waals surface area (Å²) >= 11 is 0. The minimum Gasteiger partial charge on any atom is -0.398 e. The van der Waals surface area contributed by atoms with Crippen LogP contribution in [0.25, 0.3) is 0 Å². The van der Waals surface area contributed by atoms with E-state index in [0.29, 0.717) is 24.3 Å². The third-order valence-corrected chi connectivity index (χ3v) is 4.42. The predicted molar refractivity (Wildman–Crippen MR) is 99.3 cm³/mol. The zero-order valence-corrected chi connectivity index (χ0v) is 15.1. The number of piperidine rings is 1. The molecule has 0 spiro atoms. The Morgan fingerprint density at radius 2 is 1.88 bits per heavy atom. The number of carbonyl (C=O) groups is 2. The maximum absolute atomic E-state index is 12.5. The van der Waals surface area contributed by atoms with Crippen LogP contribution in [-0.4, -0.2) is 36.3 Å². The monoisotopic (exact) mass is 353 g/mol. The van der Waals surface area contributed by atoms with E-state index < -0.39 is 0 Å². The van der Waals surface area contributed by atoms with Crippen molar-refractivity contribution in [3.05, 3.63) is 29.8 Å². The number of nitrogen functional groups attached to an aromatic ring is 1. The standard InChI is InChI=1S/C18H27N3O2.ClH/c1-2-3-6-11-20-17(22)14-9-12-21(13-10-14)18(23)15-7-4-5-8-16(15)19;/h4-5,7-8,14H,2-3,6,9-13,19H2,1H3,(H,20,22);1H. The number of carbonyl (C=O) groups excluding carboxylic acids is 2. The molecule has 1 saturated heterocycles. The molecule has 0 saturated carbocycles. The first kappa shape index (κ1) is 20.3. The summed E-state index contributed by atoms with van der Waals surface area (Å²) in [5.41, 5.74) is 6.93. The van der Waals surface area contributed by atoms with E-state index in [1.165, 1.54) is 0 Å². The molecular weight excluding hydrogens is 326 g/mol. The van der Waals surface area contributed by atoms with Gasteiger partial charge in [-0.05, 0) is 31.4 Å². The largest absolute Gasteiger partial charge is 0.398 e. The highest BCUT2D eigenvalue weighted by molar-refractivity contribution is 5.99. The van der Waals surface area contributed by atoms with Crippen LogP contribution in [0.15, 0.2) is 24.3 Å². The molecule has 24 heavy (non-hydrogen) atoms. The van der Waals surface area contributed by atoms with Gasteiger partial charge in [0.05, 0.1) is 5.56 Å². The molecule has 2 rings (SSSR count). The molecule has 0 radical (unpaired) electrons. The molecule has 134 valence electrons. The number of unbranched alkanes of at least 4 members (excludes halogenated alkanes) is 2. The third-order valence-electron chi connectivity index (χ3n) is 4.42. The topological polar surface area (TPSA) is 75.4 Å². The van der Waals surface area contributed by atoms with Gasteiger partial charge in [0.2, 0.25) is 5.91 Å². The number of nitrogens with two attached hydrogens (primary N) is 1. The minimum absolute atomic E-state index is 0. The lowest BCUT2D eigenvalue weighted by Crippen LogP contribution is -2.43. The van der Waals surface area contributed by atoms with Crippen LogP contribution in [-0.2, 0) is 4.79 Å². The molecule has 0 aliphatic carbocycles. The fourth-order valence-electron chi connectivity index (χ4n) is 2.94. The normalized spacial score (nSPS) is 14.8. The molecule has 6 heteroatoms. The lowest BCUT2D eigenvalue weighted by atomic mass is 9.95. The summed E-state index contributed by atoms with van der Waals surface area (Å²) < 4.78 is 0. The number of benzene rings is 1. The number of anilines is 1. The highest BCUT2D eigenvalue weighted by atomic mass is 35.5. The number of rotatable bonds is 6. The van der Waals surface area contributed by atoms with E-state index in [1.54, 1.807) is 17.0 Å². The van der Waals surface area contributed by atoms with Gasteiger partial charge in [0.15, 0.2) is 0 Å². The number of halogens is 1. The van der Waals surface area contributed by atoms with Gasteiger partial charge in [0.1, 0.15) is 0 Å². The predicted octanol–water partition coefficient (Wildman–Crippen LogP) is 2.85. The Morgan fingerprint density at radius 3 is 2.50 bits per heavy atom. The molecule has 0 atom stereocenters. The molecule has 1 aliphatic rings. The molecule has 2 amide bonds. The summed E-state index contributed by atoms with van der Waals surface area (Å²) in [4.78, 5) is 26.4. The molecule has 0 unspecified atom stereocenters. The molecule has 5 nitrogen and oxygen atoms in total. The van der Waals surface area contributed by atoms with Crippen LogP contribution >= 0.6 is 12.4 Å². The first-order valence-electron chi connectivity index (χ1n) is 8.55. The second-order valence-corrected chi connectivity index (χ2v) is 6.15. The summed E-state index contributed by atoms with van der Waals surface area (Å²) in [5, 5.41) is 3.01. The Kier molecular flexibility index (Phi) is 8.61. The van der Waals surface area contributed by atoms with E-state index in [0.717, 1.165) is 38.6 Å². The molecule has 0 bridgehead atoms. The van der Waals surface area contributed by atoms with Gasteiger partial charge in [-0.15, -0.1) is 12.4 Å². The zero-order valence-electron chi connectivity index (χ0n) is 14.3. The van der Waals surface area contributed by atoms with Crippen molar-refractivity contribution in [2.75, 3.05) is 25.4 Å². The van der Waals surface area contributed by atoms with E-state index in [1.807, 2.05) is 12.1 Å². The summed E-state index contributed by atoms with van der Waals surface area (Å²) in [5.74, 6) is 0.117. The quantitative estimate of drug-likeness (QED) is 0.610. The first-order valence-corrected chi connectivity index (χ1v) is 8.55. The van der Waals surface area contributed by atoms with Crippen molar-refractivity contribution in [3.8, 4) is 0 Å². The molecular formula is C18H28ClN3O2. The molecule has 3 N–H and O–H groups in total. The van der Waals surface area contributed by atoms with Crippen LogP contribution in [0, 0.1) is 5.92 Å². The summed E-state index contributed by atoms with van der Waals surface area (Å²) in [6.45, 7) is 4.13. The van der Waals surface area contributed by atoms with Crippen molar-refractivity contribution in [3.63, 3.8) is 0 Å². The smallest absolute Gasteiger partial charge is 0.255 e. The molecule has 1 heterocycles. The number of nitrogens with one attached hydrogen (secondary N) is 1. The fourth-order valence-corrected chi connectivity index (χ4v) is 2.94. The molecule has 0 aromatic heterocycles. The van der Waals surface area contributed by atoms with Gasteiger partial charge >= 0.3 is 0 Å². The highest BCUT2D eigenvalue weighted by Gasteiger charge is 2.28. The Bertz CT molecular complexity index is 543. The van der Waals surface area contributed by atoms with Crippen LogP contribution in [0.2, 0.25) is 0 Å². The van der Waals surface area contributed by atoms with E-state index in [9.17, 15) is 9.59 Å². The van der Waals surface area contributed by atoms with Gasteiger partial charge in [0.25, 0.3) is 5.91 Å². The SMILES string of the molecule is CCCCCNC(=O)C1CCN(C(=O)c2ccccc2N)CC1.Cl. The number of amides is 2. The van der Waals surface area contributed by atoms with E-state index in [4.69, 9.17) is 5.73 Å². The average Bonchev–Trinajstić information content (AvgIpc) is 2.58. The fraction of sp³-hybridized carbons (Fsp3) is 0.556. The van der Waals surface area contributed by atoms with E-state index >= 15 is 0 Å². The van der Waals surface area contributed by atoms with Gasteiger partial charge in [-0.3, -0.25) is 9.59 Å². The maximum atomic E-state index is 12.5. The summed E-state index contributed by atoms with van der Waals surface area (Å²) in [6.07, 6.45) is 4.77.